The number of ketones is 2. The lowest BCUT2D eigenvalue weighted by molar-refractivity contribution is -0.193. The lowest BCUT2D eigenvalue weighted by atomic mass is 9.34. The van der Waals surface area contributed by atoms with Crippen molar-refractivity contribution in [1.82, 2.24) is 10.6 Å². The number of phenols is 1. The number of hydrogen-bond acceptors (Lipinski definition) is 8. The normalized spacial score (nSPS) is 39.6. The summed E-state index contributed by atoms with van der Waals surface area (Å²) in [5, 5.41) is 39.2. The molecule has 8 nitrogen and oxygen atoms in total. The summed E-state index contributed by atoms with van der Waals surface area (Å²) in [6.45, 7) is 20.3. The van der Waals surface area contributed by atoms with Crippen LogP contribution >= 0.6 is 0 Å². The Balaban J connectivity index is 1.42. The van der Waals surface area contributed by atoms with Crippen LogP contribution in [0.25, 0.3) is 0 Å². The molecule has 1 aromatic rings. The summed E-state index contributed by atoms with van der Waals surface area (Å²) in [6, 6.07) is 5.59. The van der Waals surface area contributed by atoms with E-state index in [4.69, 9.17) is 4.74 Å². The highest BCUT2D eigenvalue weighted by atomic mass is 16.6. The molecule has 5 N–H and O–H groups in total. The highest BCUT2D eigenvalue weighted by Crippen LogP contribution is 2.74. The first-order valence-corrected chi connectivity index (χ1v) is 18.8. The number of phenolic OH excluding ortho intramolecular Hbond substituents is 1. The molecule has 1 saturated heterocycles. The second kappa shape index (κ2) is 12.3. The fourth-order valence-corrected chi connectivity index (χ4v) is 12.3. The minimum absolute atomic E-state index is 0.0244. The van der Waals surface area contributed by atoms with Crippen LogP contribution in [0.5, 0.6) is 5.75 Å². The number of ether oxygens (including phenoxy) is 1. The third-order valence-electron chi connectivity index (χ3n) is 14.4. The average Bonchev–Trinajstić information content (AvgIpc) is 3.53. The van der Waals surface area contributed by atoms with Gasteiger partial charge in [0.25, 0.3) is 0 Å². The zero-order valence-electron chi connectivity index (χ0n) is 31.6. The van der Waals surface area contributed by atoms with E-state index >= 15 is 0 Å². The minimum Gasteiger partial charge on any atom is -0.508 e. The molecule has 49 heavy (non-hydrogen) atoms. The van der Waals surface area contributed by atoms with Gasteiger partial charge in [-0.25, -0.2) is 0 Å². The van der Waals surface area contributed by atoms with E-state index in [0.29, 0.717) is 32.4 Å². The topological polar surface area (TPSA) is 131 Å². The number of Topliss-reactive ketones (excluding diaryl/α,β-unsaturated/α-hetero) is 2. The van der Waals surface area contributed by atoms with Crippen LogP contribution in [0.1, 0.15) is 118 Å². The Bertz CT molecular complexity index is 1530. The van der Waals surface area contributed by atoms with Gasteiger partial charge in [-0.2, -0.15) is 0 Å². The van der Waals surface area contributed by atoms with Gasteiger partial charge in [-0.05, 0) is 117 Å². The first kappa shape index (κ1) is 36.7. The summed E-state index contributed by atoms with van der Waals surface area (Å²) < 4.78 is 5.76. The molecular formula is C41H62N2O6. The maximum atomic E-state index is 14.7. The van der Waals surface area contributed by atoms with Crippen molar-refractivity contribution in [2.45, 2.75) is 143 Å². The van der Waals surface area contributed by atoms with Crippen molar-refractivity contribution in [3.05, 3.63) is 40.5 Å². The highest BCUT2D eigenvalue weighted by molar-refractivity contribution is 6.00. The molecule has 1 aromatic carbocycles. The Morgan fingerprint density at radius 2 is 1.67 bits per heavy atom. The number of carbonyl (C=O) groups excluding carboxylic acids is 2. The number of nitrogens with one attached hydrogen (secondary N) is 2. The van der Waals surface area contributed by atoms with E-state index in [0.717, 1.165) is 36.0 Å². The number of carbonyl (C=O) groups is 2. The fraction of sp³-hybridized carbons (Fsp3) is 0.756. The number of benzene rings is 1. The minimum atomic E-state index is -0.666. The zero-order valence-corrected chi connectivity index (χ0v) is 31.6. The van der Waals surface area contributed by atoms with Crippen LogP contribution in [0.4, 0.5) is 0 Å². The maximum Gasteiger partial charge on any atom is 0.159 e. The number of rotatable bonds is 10. The van der Waals surface area contributed by atoms with Gasteiger partial charge in [-0.1, -0.05) is 53.2 Å². The zero-order chi connectivity index (χ0) is 36.1. The third-order valence-corrected chi connectivity index (χ3v) is 14.4. The van der Waals surface area contributed by atoms with E-state index in [-0.39, 0.29) is 75.0 Å². The lowest BCUT2D eigenvalue weighted by Crippen LogP contribution is -2.69. The van der Waals surface area contributed by atoms with Crippen LogP contribution in [-0.2, 0) is 20.9 Å². The quantitative estimate of drug-likeness (QED) is 0.196. The summed E-state index contributed by atoms with van der Waals surface area (Å²) in [5.41, 5.74) is 2.16. The molecule has 3 saturated carbocycles. The molecule has 1 heterocycles. The van der Waals surface area contributed by atoms with Gasteiger partial charge in [-0.15, -0.1) is 0 Å². The molecule has 0 spiro atoms. The monoisotopic (exact) mass is 678 g/mol. The molecule has 6 rings (SSSR count). The summed E-state index contributed by atoms with van der Waals surface area (Å²) >= 11 is 0. The van der Waals surface area contributed by atoms with Gasteiger partial charge < -0.3 is 30.7 Å². The van der Waals surface area contributed by atoms with Crippen LogP contribution in [0.15, 0.2) is 29.3 Å². The van der Waals surface area contributed by atoms with Crippen molar-refractivity contribution in [1.29, 1.82) is 0 Å². The largest absolute Gasteiger partial charge is 0.508 e. The number of aliphatic hydroxyl groups is 2. The molecule has 11 atom stereocenters. The summed E-state index contributed by atoms with van der Waals surface area (Å²) in [7, 11) is 1.88. The van der Waals surface area contributed by atoms with Gasteiger partial charge in [0.1, 0.15) is 17.6 Å². The van der Waals surface area contributed by atoms with Crippen LogP contribution in [0.2, 0.25) is 0 Å². The van der Waals surface area contributed by atoms with Gasteiger partial charge in [0, 0.05) is 42.3 Å². The summed E-state index contributed by atoms with van der Waals surface area (Å²) in [4.78, 5) is 28.8. The van der Waals surface area contributed by atoms with E-state index in [1.54, 1.807) is 19.1 Å². The molecule has 4 fully saturated rings. The van der Waals surface area contributed by atoms with Gasteiger partial charge >= 0.3 is 0 Å². The van der Waals surface area contributed by atoms with Crippen molar-refractivity contribution < 1.29 is 29.6 Å². The van der Waals surface area contributed by atoms with Crippen molar-refractivity contribution in [3.63, 3.8) is 0 Å². The second-order valence-electron chi connectivity index (χ2n) is 18.5. The first-order valence-electron chi connectivity index (χ1n) is 18.8. The SMILES string of the molecule is CNCc1cc(O)cc(C2CC3(C)C(C(NCC(C)O)CC4(C)C3CCC3=C(C(C)CC(O)C5OC5(C)C)C(=O)CC34C)C(C)(C)C2=O)c1. The molecule has 4 aliphatic carbocycles. The van der Waals surface area contributed by atoms with E-state index in [1.807, 2.05) is 20.9 Å². The molecule has 0 amide bonds. The van der Waals surface area contributed by atoms with Gasteiger partial charge in [-0.3, -0.25) is 9.59 Å². The number of allylic oxidation sites excluding steroid dienone is 2. The Labute approximate surface area is 293 Å². The predicted molar refractivity (Wildman–Crippen MR) is 191 cm³/mol. The van der Waals surface area contributed by atoms with Crippen molar-refractivity contribution in [2.24, 2.45) is 39.4 Å². The molecular weight excluding hydrogens is 616 g/mol. The number of fused-ring (bicyclic) bond motifs is 5. The van der Waals surface area contributed by atoms with Crippen molar-refractivity contribution >= 4 is 11.6 Å². The molecule has 272 valence electrons. The summed E-state index contributed by atoms with van der Waals surface area (Å²) in [5.74, 6) is 0.448. The Hall–Kier alpha value is -2.10. The number of aliphatic hydroxyl groups excluding tert-OH is 2. The van der Waals surface area contributed by atoms with Crippen molar-refractivity contribution in [3.8, 4) is 5.75 Å². The highest BCUT2D eigenvalue weighted by Gasteiger charge is 2.71. The second-order valence-corrected chi connectivity index (χ2v) is 18.5. The molecule has 8 heteroatoms. The molecule has 5 aliphatic rings. The molecule has 0 aromatic heterocycles. The molecule has 11 unspecified atom stereocenters. The first-order chi connectivity index (χ1) is 22.7. The van der Waals surface area contributed by atoms with Crippen LogP contribution in [0.3, 0.4) is 0 Å². The lowest BCUT2D eigenvalue weighted by Gasteiger charge is -2.70. The molecule has 0 radical (unpaired) electrons. The summed E-state index contributed by atoms with van der Waals surface area (Å²) in [6.07, 6.45) is 2.89. The number of epoxide rings is 1. The van der Waals surface area contributed by atoms with Crippen LogP contribution in [0, 0.1) is 39.4 Å². The van der Waals surface area contributed by atoms with Gasteiger partial charge in [0.2, 0.25) is 0 Å². The Kier molecular flexibility index (Phi) is 9.17. The molecule has 1 aliphatic heterocycles. The molecule has 0 bridgehead atoms. The maximum absolute atomic E-state index is 14.7. The predicted octanol–water partition coefficient (Wildman–Crippen LogP) is 5.82. The number of aromatic hydroxyl groups is 1. The van der Waals surface area contributed by atoms with Crippen LogP contribution < -0.4 is 10.6 Å². The standard InChI is InChI=1S/C41H62N2O6/c1-22(13-30(46)36-38(5,6)49-36)33-28-11-12-32-39(7)17-27(25-14-24(21-42-10)15-26(45)16-25)35(48)37(3,4)34(39)29(43-20-23(2)44)18-41(32,9)40(28,8)19-31(33)47/h14-16,22-23,27,29-30,32,34,36,42-46H,11-13,17-21H2,1-10H3. The van der Waals surface area contributed by atoms with E-state index in [1.165, 1.54) is 5.57 Å². The third kappa shape index (κ3) is 5.76. The smallest absolute Gasteiger partial charge is 0.159 e. The van der Waals surface area contributed by atoms with Crippen molar-refractivity contribution in [2.75, 3.05) is 13.6 Å². The van der Waals surface area contributed by atoms with E-state index in [9.17, 15) is 24.9 Å². The Morgan fingerprint density at radius 1 is 1.00 bits per heavy atom. The van der Waals surface area contributed by atoms with E-state index < -0.39 is 17.6 Å². The average molecular weight is 679 g/mol. The number of hydrogen-bond donors (Lipinski definition) is 5. The fourth-order valence-electron chi connectivity index (χ4n) is 12.3. The van der Waals surface area contributed by atoms with Gasteiger partial charge in [0.15, 0.2) is 5.78 Å². The Morgan fingerprint density at radius 3 is 2.29 bits per heavy atom. The van der Waals surface area contributed by atoms with Gasteiger partial charge in [0.05, 0.1) is 17.8 Å². The van der Waals surface area contributed by atoms with Crippen LogP contribution in [-0.4, -0.2) is 70.4 Å². The van der Waals surface area contributed by atoms with E-state index in [2.05, 4.69) is 58.2 Å².